The second-order valence-electron chi connectivity index (χ2n) is 9.57. The molecule has 1 N–H and O–H groups in total. The summed E-state index contributed by atoms with van der Waals surface area (Å²) in [5.74, 6) is -2.23. The third-order valence-electron chi connectivity index (χ3n) is 6.23. The van der Waals surface area contributed by atoms with E-state index in [-0.39, 0.29) is 5.56 Å². The Kier molecular flexibility index (Phi) is 17.2. The van der Waals surface area contributed by atoms with Crippen LogP contribution in [-0.2, 0) is 5.92 Å². The zero-order valence-electron chi connectivity index (χ0n) is 25.8. The number of ether oxygens (including phenoxy) is 1. The molecule has 0 atom stereocenters. The second kappa shape index (κ2) is 19.8. The third kappa shape index (κ3) is 12.9. The lowest BCUT2D eigenvalue weighted by Crippen LogP contribution is -2.19. The molecule has 0 saturated heterocycles. The molecule has 0 aliphatic carbocycles. The van der Waals surface area contributed by atoms with Crippen LogP contribution in [-0.4, -0.2) is 26.4 Å². The van der Waals surface area contributed by atoms with E-state index in [4.69, 9.17) is 4.74 Å². The molecule has 0 fully saturated rings. The number of allylic oxidation sites excluding steroid dienone is 3. The van der Waals surface area contributed by atoms with Crippen LogP contribution < -0.4 is 15.0 Å². The van der Waals surface area contributed by atoms with Crippen molar-refractivity contribution in [3.63, 3.8) is 0 Å². The van der Waals surface area contributed by atoms with Gasteiger partial charge in [-0.2, -0.15) is 0 Å². The van der Waals surface area contributed by atoms with Crippen LogP contribution in [0.15, 0.2) is 90.3 Å². The van der Waals surface area contributed by atoms with Gasteiger partial charge in [0.15, 0.2) is 0 Å². The van der Waals surface area contributed by atoms with Crippen molar-refractivity contribution in [2.75, 3.05) is 31.3 Å². The highest BCUT2D eigenvalue weighted by atomic mass is 19.3. The van der Waals surface area contributed by atoms with Crippen LogP contribution in [0, 0.1) is 0 Å². The van der Waals surface area contributed by atoms with Crippen LogP contribution in [0.2, 0.25) is 0 Å². The van der Waals surface area contributed by atoms with Gasteiger partial charge in [-0.05, 0) is 75.2 Å². The number of nitrogens with zero attached hydrogens (tertiary/aromatic N) is 1. The normalized spacial score (nSPS) is 12.2. The number of nitrogens with one attached hydrogen (secondary N) is 1. The zero-order valence-corrected chi connectivity index (χ0v) is 25.8. The average Bonchev–Trinajstić information content (AvgIpc) is 2.96. The fourth-order valence-electron chi connectivity index (χ4n) is 4.06. The van der Waals surface area contributed by atoms with Crippen molar-refractivity contribution in [1.82, 2.24) is 5.32 Å². The summed E-state index contributed by atoms with van der Waals surface area (Å²) in [6.07, 6.45) is 11.5. The predicted molar refractivity (Wildman–Crippen MR) is 170 cm³/mol. The molecule has 41 heavy (non-hydrogen) atoms. The molecule has 0 aliphatic rings. The summed E-state index contributed by atoms with van der Waals surface area (Å²) in [5.41, 5.74) is 3.20. The monoisotopic (exact) mass is 570 g/mol. The van der Waals surface area contributed by atoms with E-state index < -0.39 is 12.6 Å². The molecule has 0 heterocycles. The van der Waals surface area contributed by atoms with E-state index >= 15 is 0 Å². The van der Waals surface area contributed by atoms with Crippen molar-refractivity contribution in [3.8, 4) is 5.75 Å². The van der Waals surface area contributed by atoms with E-state index in [0.29, 0.717) is 29.0 Å². The number of rotatable bonds is 17. The molecule has 2 rings (SSSR count). The van der Waals surface area contributed by atoms with E-state index in [1.165, 1.54) is 37.5 Å². The Morgan fingerprint density at radius 3 is 2.41 bits per heavy atom. The number of anilines is 1. The highest BCUT2D eigenvalue weighted by Gasteiger charge is 2.24. The molecule has 0 radical (unpaired) electrons. The van der Waals surface area contributed by atoms with Crippen molar-refractivity contribution in [2.24, 2.45) is 0 Å². The summed E-state index contributed by atoms with van der Waals surface area (Å²) in [5, 5.41) is 3.44. The predicted octanol–water partition coefficient (Wildman–Crippen LogP) is 10.2. The largest absolute Gasteiger partial charge is 0.493 e. The fourth-order valence-corrected chi connectivity index (χ4v) is 4.06. The van der Waals surface area contributed by atoms with Crippen molar-refractivity contribution < 1.29 is 17.9 Å². The summed E-state index contributed by atoms with van der Waals surface area (Å²) in [6, 6.07) is 13.9. The quantitative estimate of drug-likeness (QED) is 0.151. The Hall–Kier alpha value is -3.25. The van der Waals surface area contributed by atoms with Crippen LogP contribution in [0.4, 0.5) is 18.9 Å². The van der Waals surface area contributed by atoms with Gasteiger partial charge in [-0.3, -0.25) is 0 Å². The van der Waals surface area contributed by atoms with Gasteiger partial charge in [0.05, 0.1) is 6.61 Å². The highest BCUT2D eigenvalue weighted by molar-refractivity contribution is 5.71. The van der Waals surface area contributed by atoms with Gasteiger partial charge in [0.1, 0.15) is 12.4 Å². The molecular weight excluding hydrogens is 521 g/mol. The van der Waals surface area contributed by atoms with Crippen LogP contribution >= 0.6 is 0 Å². The van der Waals surface area contributed by atoms with Crippen LogP contribution in [0.5, 0.6) is 5.75 Å². The number of unbranched alkanes of at least 4 members (excludes halogenated alkanes) is 2. The molecule has 0 aliphatic heterocycles. The Bertz CT molecular complexity index is 1130. The third-order valence-corrected chi connectivity index (χ3v) is 6.23. The Morgan fingerprint density at radius 2 is 1.76 bits per heavy atom. The minimum atomic E-state index is -2.96. The summed E-state index contributed by atoms with van der Waals surface area (Å²) in [4.78, 5) is 1.89. The van der Waals surface area contributed by atoms with Gasteiger partial charge in [0, 0.05) is 41.7 Å². The topological polar surface area (TPSA) is 24.5 Å². The summed E-state index contributed by atoms with van der Waals surface area (Å²) in [7, 11) is 0. The SMILES string of the molecule is C=C(C(=C/c1cccc(C(C)(F)F)c1)/C(C)=C/CF)N(/C=C/C)c1cccc(OCCCNCCCCC)c1.CC. The molecule has 2 aromatic carbocycles. The van der Waals surface area contributed by atoms with Gasteiger partial charge < -0.3 is 15.0 Å². The Balaban J connectivity index is 0.00000411. The molecule has 0 unspecified atom stereocenters. The molecule has 3 nitrogen and oxygen atoms in total. The molecule has 0 amide bonds. The first-order valence-electron chi connectivity index (χ1n) is 14.7. The van der Waals surface area contributed by atoms with Gasteiger partial charge in [-0.1, -0.05) is 76.6 Å². The Morgan fingerprint density at radius 1 is 1.05 bits per heavy atom. The minimum Gasteiger partial charge on any atom is -0.493 e. The van der Waals surface area contributed by atoms with E-state index in [1.807, 2.05) is 62.2 Å². The van der Waals surface area contributed by atoms with E-state index in [2.05, 4.69) is 18.8 Å². The van der Waals surface area contributed by atoms with Crippen LogP contribution in [0.1, 0.15) is 78.4 Å². The molecule has 0 bridgehead atoms. The number of benzene rings is 2. The highest BCUT2D eigenvalue weighted by Crippen LogP contribution is 2.32. The lowest BCUT2D eigenvalue weighted by Gasteiger charge is -2.26. The number of halogens is 3. The van der Waals surface area contributed by atoms with Crippen molar-refractivity contribution in [1.29, 1.82) is 0 Å². The lowest BCUT2D eigenvalue weighted by molar-refractivity contribution is 0.0174. The Labute approximate surface area is 246 Å². The molecule has 0 saturated carbocycles. The van der Waals surface area contributed by atoms with Gasteiger partial charge in [0.2, 0.25) is 0 Å². The van der Waals surface area contributed by atoms with Crippen LogP contribution in [0.25, 0.3) is 6.08 Å². The second-order valence-corrected chi connectivity index (χ2v) is 9.57. The van der Waals surface area contributed by atoms with E-state index in [9.17, 15) is 13.2 Å². The van der Waals surface area contributed by atoms with Gasteiger partial charge >= 0.3 is 0 Å². The smallest absolute Gasteiger partial charge is 0.270 e. The maximum atomic E-state index is 14.0. The number of hydrogen-bond donors (Lipinski definition) is 1. The van der Waals surface area contributed by atoms with Gasteiger partial charge in [-0.15, -0.1) is 0 Å². The van der Waals surface area contributed by atoms with Gasteiger partial charge in [-0.25, -0.2) is 13.2 Å². The molecular formula is C35H49F3N2O. The van der Waals surface area contributed by atoms with Crippen molar-refractivity contribution in [2.45, 2.75) is 73.1 Å². The van der Waals surface area contributed by atoms with Crippen LogP contribution in [0.3, 0.4) is 0 Å². The summed E-state index contributed by atoms with van der Waals surface area (Å²) in [6.45, 7) is 17.0. The summed E-state index contributed by atoms with van der Waals surface area (Å²) >= 11 is 0. The fraction of sp³-hybridized carbons (Fsp3) is 0.429. The van der Waals surface area contributed by atoms with Crippen molar-refractivity contribution in [3.05, 3.63) is 101 Å². The van der Waals surface area contributed by atoms with Crippen molar-refractivity contribution >= 4 is 11.8 Å². The van der Waals surface area contributed by atoms with E-state index in [0.717, 1.165) is 37.9 Å². The zero-order chi connectivity index (χ0) is 30.7. The number of hydrogen-bond acceptors (Lipinski definition) is 3. The standard InChI is InChI=1S/C33H43F3N2O.C2H6/c1-6-8-9-19-37-20-12-22-39-31-16-11-15-30(25-31)38(21-7-2)27(4)32(26(3)17-18-34)24-28-13-10-14-29(23-28)33(5,35)36;1-2/h7,10-11,13-17,21,23-25,37H,4,6,8-9,12,18-20,22H2,1-3,5H3;1-2H3/b21-7+,26-17+,32-24+;. The maximum absolute atomic E-state index is 14.0. The van der Waals surface area contributed by atoms with E-state index in [1.54, 1.807) is 25.1 Å². The number of alkyl halides is 3. The first kappa shape index (κ1) is 35.8. The average molecular weight is 571 g/mol. The van der Waals surface area contributed by atoms with Gasteiger partial charge in [0.25, 0.3) is 5.92 Å². The summed E-state index contributed by atoms with van der Waals surface area (Å²) < 4.78 is 47.2. The minimum absolute atomic E-state index is 0.0837. The molecule has 6 heteroatoms. The molecule has 226 valence electrons. The molecule has 0 spiro atoms. The lowest BCUT2D eigenvalue weighted by atomic mass is 9.98. The first-order valence-corrected chi connectivity index (χ1v) is 14.7. The molecule has 2 aromatic rings. The molecule has 0 aromatic heterocycles. The maximum Gasteiger partial charge on any atom is 0.270 e. The first-order chi connectivity index (χ1) is 19.7.